The molecule has 1 atom stereocenters. The zero-order valence-electron chi connectivity index (χ0n) is 10.6. The van der Waals surface area contributed by atoms with Crippen LogP contribution in [0.15, 0.2) is 30.3 Å². The molecule has 0 spiro atoms. The number of halogens is 3. The average Bonchev–Trinajstić information content (AvgIpc) is 2.37. The molecule has 0 fully saturated rings. The van der Waals surface area contributed by atoms with Crippen LogP contribution in [-0.4, -0.2) is 12.8 Å². The van der Waals surface area contributed by atoms with Crippen LogP contribution in [0.4, 0.5) is 13.2 Å². The summed E-state index contributed by atoms with van der Waals surface area (Å²) in [7, 11) is 0. The van der Waals surface area contributed by atoms with Crippen LogP contribution >= 0.6 is 0 Å². The molecule has 0 saturated carbocycles. The number of hydrogen-bond donors (Lipinski definition) is 0. The van der Waals surface area contributed by atoms with Crippen molar-refractivity contribution in [3.63, 3.8) is 0 Å². The van der Waals surface area contributed by atoms with Crippen LogP contribution in [0.1, 0.15) is 19.4 Å². The summed E-state index contributed by atoms with van der Waals surface area (Å²) in [6, 6.07) is 8.55. The SMILES string of the molecule is CC#CCOC(C)(C#CC(F)(F)F)c1ccccc1. The van der Waals surface area contributed by atoms with Crippen molar-refractivity contribution in [1.29, 1.82) is 0 Å². The molecule has 1 unspecified atom stereocenters. The molecule has 1 nitrogen and oxygen atoms in total. The Morgan fingerprint density at radius 2 is 1.74 bits per heavy atom. The van der Waals surface area contributed by atoms with Gasteiger partial charge in [-0.3, -0.25) is 0 Å². The van der Waals surface area contributed by atoms with Gasteiger partial charge >= 0.3 is 6.18 Å². The van der Waals surface area contributed by atoms with E-state index in [9.17, 15) is 13.2 Å². The van der Waals surface area contributed by atoms with Crippen LogP contribution < -0.4 is 0 Å². The average molecular weight is 266 g/mol. The van der Waals surface area contributed by atoms with Gasteiger partial charge in [0.2, 0.25) is 0 Å². The molecule has 1 rings (SSSR count). The van der Waals surface area contributed by atoms with Gasteiger partial charge in [-0.25, -0.2) is 0 Å². The first-order valence-electron chi connectivity index (χ1n) is 5.57. The minimum absolute atomic E-state index is 0.0223. The maximum absolute atomic E-state index is 12.2. The Balaban J connectivity index is 3.08. The molecule has 100 valence electrons. The molecular formula is C15H13F3O. The second-order valence-electron chi connectivity index (χ2n) is 3.86. The second-order valence-corrected chi connectivity index (χ2v) is 3.86. The highest BCUT2D eigenvalue weighted by atomic mass is 19.4. The maximum atomic E-state index is 12.2. The van der Waals surface area contributed by atoms with Gasteiger partial charge in [0.15, 0.2) is 5.60 Å². The Kier molecular flexibility index (Phi) is 5.03. The van der Waals surface area contributed by atoms with E-state index in [0.29, 0.717) is 5.56 Å². The Hall–Kier alpha value is -1.91. The summed E-state index contributed by atoms with van der Waals surface area (Å²) in [6.07, 6.45) is -4.55. The zero-order valence-corrected chi connectivity index (χ0v) is 10.6. The molecule has 0 heterocycles. The molecule has 0 radical (unpaired) electrons. The van der Waals surface area contributed by atoms with Crippen LogP contribution in [-0.2, 0) is 10.3 Å². The van der Waals surface area contributed by atoms with Gasteiger partial charge in [-0.05, 0) is 19.4 Å². The molecule has 0 aromatic heterocycles. The summed E-state index contributed by atoms with van der Waals surface area (Å²) in [5.74, 6) is 8.68. The first kappa shape index (κ1) is 15.1. The van der Waals surface area contributed by atoms with Crippen molar-refractivity contribution >= 4 is 0 Å². The van der Waals surface area contributed by atoms with E-state index in [-0.39, 0.29) is 6.61 Å². The van der Waals surface area contributed by atoms with E-state index in [2.05, 4.69) is 17.8 Å². The molecule has 4 heteroatoms. The second kappa shape index (κ2) is 6.31. The van der Waals surface area contributed by atoms with Crippen molar-refractivity contribution in [2.45, 2.75) is 25.6 Å². The maximum Gasteiger partial charge on any atom is 0.457 e. The summed E-state index contributed by atoms with van der Waals surface area (Å²) in [5.41, 5.74) is -0.773. The fourth-order valence-corrected chi connectivity index (χ4v) is 1.39. The minimum atomic E-state index is -4.55. The molecule has 1 aromatic rings. The highest BCUT2D eigenvalue weighted by Crippen LogP contribution is 2.25. The predicted octanol–water partition coefficient (Wildman–Crippen LogP) is 3.51. The van der Waals surface area contributed by atoms with Crippen molar-refractivity contribution < 1.29 is 17.9 Å². The van der Waals surface area contributed by atoms with Crippen LogP contribution in [0.5, 0.6) is 0 Å². The van der Waals surface area contributed by atoms with Crippen LogP contribution in [0.25, 0.3) is 0 Å². The fraction of sp³-hybridized carbons (Fsp3) is 0.333. The van der Waals surface area contributed by atoms with Gasteiger partial charge in [-0.15, -0.1) is 5.92 Å². The third-order valence-corrected chi connectivity index (χ3v) is 2.38. The van der Waals surface area contributed by atoms with Gasteiger partial charge in [0, 0.05) is 5.92 Å². The monoisotopic (exact) mass is 266 g/mol. The Morgan fingerprint density at radius 3 is 2.26 bits per heavy atom. The quantitative estimate of drug-likeness (QED) is 0.761. The zero-order chi connectivity index (χ0) is 14.4. The molecule has 0 amide bonds. The standard InChI is InChI=1S/C15H13F3O/c1-3-4-12-19-14(2,10-11-15(16,17)18)13-8-6-5-7-9-13/h5-9H,12H2,1-2H3. The normalized spacial score (nSPS) is 13.5. The van der Waals surface area contributed by atoms with E-state index >= 15 is 0 Å². The summed E-state index contributed by atoms with van der Waals surface area (Å²) in [5, 5.41) is 0. The first-order chi connectivity index (χ1) is 8.87. The third-order valence-electron chi connectivity index (χ3n) is 2.38. The molecule has 0 aliphatic carbocycles. The van der Waals surface area contributed by atoms with Gasteiger partial charge < -0.3 is 4.74 Å². The lowest BCUT2D eigenvalue weighted by molar-refractivity contribution is -0.0707. The molecule has 19 heavy (non-hydrogen) atoms. The Morgan fingerprint density at radius 1 is 1.11 bits per heavy atom. The lowest BCUT2D eigenvalue weighted by atomic mass is 9.96. The van der Waals surface area contributed by atoms with Crippen LogP contribution in [0.3, 0.4) is 0 Å². The Labute approximate surface area is 110 Å². The predicted molar refractivity (Wildman–Crippen MR) is 67.0 cm³/mol. The highest BCUT2D eigenvalue weighted by Gasteiger charge is 2.29. The summed E-state index contributed by atoms with van der Waals surface area (Å²) in [4.78, 5) is 0. The first-order valence-corrected chi connectivity index (χ1v) is 5.57. The van der Waals surface area contributed by atoms with Crippen LogP contribution in [0, 0.1) is 23.7 Å². The number of alkyl halides is 3. The number of rotatable bonds is 3. The summed E-state index contributed by atoms with van der Waals surface area (Å²) < 4.78 is 42.1. The lowest BCUT2D eigenvalue weighted by Crippen LogP contribution is -2.25. The topological polar surface area (TPSA) is 9.23 Å². The van der Waals surface area contributed by atoms with E-state index < -0.39 is 11.8 Å². The number of ether oxygens (including phenoxy) is 1. The van der Waals surface area contributed by atoms with Gasteiger partial charge in [0.1, 0.15) is 6.61 Å². The number of hydrogen-bond acceptors (Lipinski definition) is 1. The smallest absolute Gasteiger partial charge is 0.346 e. The van der Waals surface area contributed by atoms with E-state index in [1.165, 1.54) is 12.8 Å². The Bertz CT molecular complexity index is 526. The van der Waals surface area contributed by atoms with Crippen molar-refractivity contribution in [3.8, 4) is 23.7 Å². The van der Waals surface area contributed by atoms with E-state index in [1.807, 2.05) is 0 Å². The summed E-state index contributed by atoms with van der Waals surface area (Å²) >= 11 is 0. The molecule has 0 N–H and O–H groups in total. The molecule has 0 aliphatic rings. The van der Waals surface area contributed by atoms with Gasteiger partial charge in [-0.2, -0.15) is 13.2 Å². The lowest BCUT2D eigenvalue weighted by Gasteiger charge is -2.23. The van der Waals surface area contributed by atoms with Crippen molar-refractivity contribution in [2.75, 3.05) is 6.61 Å². The van der Waals surface area contributed by atoms with Crippen molar-refractivity contribution in [1.82, 2.24) is 0 Å². The van der Waals surface area contributed by atoms with E-state index in [1.54, 1.807) is 37.3 Å². The fourth-order valence-electron chi connectivity index (χ4n) is 1.39. The molecular weight excluding hydrogens is 253 g/mol. The van der Waals surface area contributed by atoms with Crippen molar-refractivity contribution in [2.24, 2.45) is 0 Å². The number of benzene rings is 1. The molecule has 1 aromatic carbocycles. The largest absolute Gasteiger partial charge is 0.457 e. The summed E-state index contributed by atoms with van der Waals surface area (Å²) in [6.45, 7) is 3.15. The van der Waals surface area contributed by atoms with Crippen molar-refractivity contribution in [3.05, 3.63) is 35.9 Å². The highest BCUT2D eigenvalue weighted by molar-refractivity contribution is 5.32. The van der Waals surface area contributed by atoms with E-state index in [4.69, 9.17) is 4.74 Å². The minimum Gasteiger partial charge on any atom is -0.346 e. The molecule has 0 aliphatic heterocycles. The van der Waals surface area contributed by atoms with Gasteiger partial charge in [0.05, 0.1) is 0 Å². The van der Waals surface area contributed by atoms with Crippen LogP contribution in [0.2, 0.25) is 0 Å². The van der Waals surface area contributed by atoms with Gasteiger partial charge in [-0.1, -0.05) is 42.2 Å². The van der Waals surface area contributed by atoms with Gasteiger partial charge in [0.25, 0.3) is 0 Å². The third kappa shape index (κ3) is 5.07. The molecule has 0 saturated heterocycles. The van der Waals surface area contributed by atoms with E-state index in [0.717, 1.165) is 0 Å². The molecule has 0 bridgehead atoms.